The lowest BCUT2D eigenvalue weighted by molar-refractivity contribution is 0.0406. The summed E-state index contributed by atoms with van der Waals surface area (Å²) in [7, 11) is -9.96. The first-order valence-electron chi connectivity index (χ1n) is 2.88. The molecule has 82 valence electrons. The Hall–Kier alpha value is 0.0738. The maximum Gasteiger partial charge on any atom is 0.665 e. The summed E-state index contributed by atoms with van der Waals surface area (Å²) < 4.78 is 3.24. The van der Waals surface area contributed by atoms with Crippen LogP contribution in [-0.2, 0) is 4.12 Å². The lowest BCUT2D eigenvalue weighted by Gasteiger charge is -2.13. The Morgan fingerprint density at radius 2 is 0.923 bits per heavy atom. The summed E-state index contributed by atoms with van der Waals surface area (Å²) in [4.78, 5) is 47.6. The zero-order valence-corrected chi connectivity index (χ0v) is 8.40. The van der Waals surface area contributed by atoms with Gasteiger partial charge in [-0.25, -0.2) is 0 Å². The van der Waals surface area contributed by atoms with Crippen LogP contribution in [0.5, 0.6) is 0 Å². The molecule has 0 heterocycles. The van der Waals surface area contributed by atoms with Gasteiger partial charge in [-0.3, -0.25) is 0 Å². The molecule has 0 aliphatic rings. The molecule has 0 aromatic rings. The van der Waals surface area contributed by atoms with Crippen LogP contribution < -0.4 is 0 Å². The minimum Gasteiger partial charge on any atom is -0.394 e. The second kappa shape index (κ2) is 6.52. The minimum absolute atomic E-state index is 0.125. The summed E-state index contributed by atoms with van der Waals surface area (Å²) in [6.45, 7) is -0.250. The molecule has 13 heavy (non-hydrogen) atoms. The van der Waals surface area contributed by atoms with Crippen molar-refractivity contribution in [1.82, 2.24) is 0 Å². The molecule has 0 bridgehead atoms. The normalized spacial score (nSPS) is 12.0. The van der Waals surface area contributed by atoms with Gasteiger partial charge in [0.25, 0.3) is 0 Å². The molecule has 8 N–H and O–H groups in total. The Balaban J connectivity index is 0. The van der Waals surface area contributed by atoms with E-state index in [2.05, 4.69) is 4.12 Å². The van der Waals surface area contributed by atoms with Crippen molar-refractivity contribution in [3.05, 3.63) is 0 Å². The number of aliphatic hydroxyl groups excluding tert-OH is 2. The second-order valence-corrected chi connectivity index (χ2v) is 4.81. The van der Waals surface area contributed by atoms with Crippen molar-refractivity contribution in [2.75, 3.05) is 13.2 Å². The molecule has 0 aromatic heterocycles. The van der Waals surface area contributed by atoms with Crippen LogP contribution in [-0.4, -0.2) is 70.3 Å². The highest BCUT2D eigenvalue weighted by Gasteiger charge is 2.45. The average molecular weight is 236 g/mol. The van der Waals surface area contributed by atoms with Crippen LogP contribution in [0.3, 0.4) is 0 Å². The lowest BCUT2D eigenvalue weighted by atomic mass is 10.8. The Labute approximate surface area is 75.3 Å². The molecule has 0 saturated heterocycles. The van der Waals surface area contributed by atoms with Gasteiger partial charge >= 0.3 is 18.1 Å². The van der Waals surface area contributed by atoms with Crippen LogP contribution in [0.25, 0.3) is 0 Å². The fraction of sp³-hybridized carbons (Fsp3) is 1.00. The molecule has 0 aromatic carbocycles. The SMILES string of the molecule is OCCO.O[Si](O)(O)O[Si](O)(O)O. The lowest BCUT2D eigenvalue weighted by Crippen LogP contribution is -2.53. The highest BCUT2D eigenvalue weighted by atomic mass is 28.5. The third-order valence-corrected chi connectivity index (χ3v) is 2.56. The van der Waals surface area contributed by atoms with Gasteiger partial charge < -0.3 is 43.1 Å². The van der Waals surface area contributed by atoms with Crippen LogP contribution >= 0.6 is 0 Å². The maximum atomic E-state index is 7.94. The highest BCUT2D eigenvalue weighted by Crippen LogP contribution is 1.95. The quantitative estimate of drug-likeness (QED) is 0.223. The van der Waals surface area contributed by atoms with Crippen molar-refractivity contribution in [2.24, 2.45) is 0 Å². The summed E-state index contributed by atoms with van der Waals surface area (Å²) in [5.74, 6) is 0. The molecule has 0 spiro atoms. The third kappa shape index (κ3) is 24.5. The molecule has 0 radical (unpaired) electrons. The standard InChI is InChI=1S/C2H6O2.H6O7Si2/c3-1-2-4;1-8(2,3)7-9(4,5)6/h3-4H,1-2H2;1-6H. The number of aliphatic hydroxyl groups is 2. The molecule has 0 aliphatic heterocycles. The second-order valence-electron chi connectivity index (χ2n) is 1.70. The number of hydrogen-bond acceptors (Lipinski definition) is 9. The van der Waals surface area contributed by atoms with Crippen LogP contribution in [0.4, 0.5) is 0 Å². The monoisotopic (exact) mass is 236 g/mol. The van der Waals surface area contributed by atoms with E-state index in [4.69, 9.17) is 39.0 Å². The zero-order chi connectivity index (χ0) is 11.1. The fourth-order valence-electron chi connectivity index (χ4n) is 0.184. The molecule has 11 heteroatoms. The van der Waals surface area contributed by atoms with Crippen molar-refractivity contribution in [1.29, 1.82) is 0 Å². The summed E-state index contributed by atoms with van der Waals surface area (Å²) in [6, 6.07) is 0. The van der Waals surface area contributed by atoms with Crippen LogP contribution in [0.1, 0.15) is 0 Å². The van der Waals surface area contributed by atoms with E-state index in [9.17, 15) is 0 Å². The predicted octanol–water partition coefficient (Wildman–Crippen LogP) is -5.20. The van der Waals surface area contributed by atoms with E-state index < -0.39 is 18.1 Å². The van der Waals surface area contributed by atoms with Gasteiger partial charge in [0.2, 0.25) is 0 Å². The first-order valence-corrected chi connectivity index (χ1v) is 6.38. The maximum absolute atomic E-state index is 7.94. The van der Waals surface area contributed by atoms with Crippen molar-refractivity contribution in [3.8, 4) is 0 Å². The number of hydrogen-bond donors (Lipinski definition) is 8. The molecular formula is C2H12O9Si2. The largest absolute Gasteiger partial charge is 0.665 e. The summed E-state index contributed by atoms with van der Waals surface area (Å²) in [5, 5.41) is 15.2. The summed E-state index contributed by atoms with van der Waals surface area (Å²) >= 11 is 0. The van der Waals surface area contributed by atoms with Crippen molar-refractivity contribution in [3.63, 3.8) is 0 Å². The van der Waals surface area contributed by atoms with E-state index in [1.54, 1.807) is 0 Å². The predicted molar refractivity (Wildman–Crippen MR) is 40.1 cm³/mol. The highest BCUT2D eigenvalue weighted by molar-refractivity contribution is 6.63. The van der Waals surface area contributed by atoms with Gasteiger partial charge in [0.1, 0.15) is 0 Å². The van der Waals surface area contributed by atoms with Gasteiger partial charge in [-0.15, -0.1) is 0 Å². The van der Waals surface area contributed by atoms with Gasteiger partial charge in [0.15, 0.2) is 0 Å². The Bertz CT molecular complexity index is 99.8. The van der Waals surface area contributed by atoms with Crippen molar-refractivity contribution < 1.29 is 43.1 Å². The van der Waals surface area contributed by atoms with Crippen molar-refractivity contribution in [2.45, 2.75) is 0 Å². The Morgan fingerprint density at radius 1 is 0.692 bits per heavy atom. The average Bonchev–Trinajstić information content (AvgIpc) is 1.80. The van der Waals surface area contributed by atoms with E-state index >= 15 is 0 Å². The fourth-order valence-corrected chi connectivity index (χ4v) is 1.65. The van der Waals surface area contributed by atoms with E-state index in [-0.39, 0.29) is 13.2 Å². The molecule has 0 saturated carbocycles. The van der Waals surface area contributed by atoms with E-state index in [0.29, 0.717) is 0 Å². The van der Waals surface area contributed by atoms with Crippen LogP contribution in [0.2, 0.25) is 0 Å². The molecule has 0 fully saturated rings. The van der Waals surface area contributed by atoms with Crippen molar-refractivity contribution >= 4 is 18.1 Å². The zero-order valence-electron chi connectivity index (χ0n) is 6.40. The minimum atomic E-state index is -4.98. The van der Waals surface area contributed by atoms with Gasteiger partial charge in [0, 0.05) is 0 Å². The molecule has 0 unspecified atom stereocenters. The van der Waals surface area contributed by atoms with E-state index in [1.165, 1.54) is 0 Å². The van der Waals surface area contributed by atoms with Gasteiger partial charge in [-0.1, -0.05) is 0 Å². The molecule has 0 rings (SSSR count). The molecule has 9 nitrogen and oxygen atoms in total. The molecule has 0 atom stereocenters. The molecular weight excluding hydrogens is 224 g/mol. The topological polar surface area (TPSA) is 171 Å². The Morgan fingerprint density at radius 3 is 0.923 bits per heavy atom. The van der Waals surface area contributed by atoms with E-state index in [1.807, 2.05) is 0 Å². The van der Waals surface area contributed by atoms with Gasteiger partial charge in [0.05, 0.1) is 13.2 Å². The number of rotatable bonds is 3. The Kier molecular flexibility index (Phi) is 7.79. The smallest absolute Gasteiger partial charge is 0.394 e. The van der Waals surface area contributed by atoms with Gasteiger partial charge in [-0.05, 0) is 0 Å². The van der Waals surface area contributed by atoms with Gasteiger partial charge in [-0.2, -0.15) is 0 Å². The molecule has 0 aliphatic carbocycles. The first kappa shape index (κ1) is 15.5. The summed E-state index contributed by atoms with van der Waals surface area (Å²) in [5.41, 5.74) is 0. The van der Waals surface area contributed by atoms with Crippen LogP contribution in [0.15, 0.2) is 0 Å². The first-order chi connectivity index (χ1) is 5.62. The third-order valence-electron chi connectivity index (χ3n) is 0.374. The van der Waals surface area contributed by atoms with E-state index in [0.717, 1.165) is 0 Å². The molecule has 0 amide bonds. The summed E-state index contributed by atoms with van der Waals surface area (Å²) in [6.07, 6.45) is 0. The van der Waals surface area contributed by atoms with Crippen LogP contribution in [0, 0.1) is 0 Å².